The molecule has 1 heterocycles. The summed E-state index contributed by atoms with van der Waals surface area (Å²) in [4.78, 5) is 0. The lowest BCUT2D eigenvalue weighted by Crippen LogP contribution is -2.45. The number of hydrogen-bond donors (Lipinski definition) is 1. The molecule has 1 unspecified atom stereocenters. The van der Waals surface area contributed by atoms with E-state index in [1.807, 2.05) is 18.7 Å². The van der Waals surface area contributed by atoms with Crippen molar-refractivity contribution >= 4 is 11.8 Å². The highest BCUT2D eigenvalue weighted by molar-refractivity contribution is 8.00. The standard InChI is InChI=1S/C12H22N2OS/c1-10(2)14-12(3,9-13)5-4-6-16-11-7-15-8-11/h10-11,14H,4-8H2,1-3H3. The van der Waals surface area contributed by atoms with Gasteiger partial charge in [-0.2, -0.15) is 17.0 Å². The summed E-state index contributed by atoms with van der Waals surface area (Å²) in [7, 11) is 0. The lowest BCUT2D eigenvalue weighted by molar-refractivity contribution is 0.0455. The fourth-order valence-corrected chi connectivity index (χ4v) is 2.81. The average Bonchev–Trinajstić information content (AvgIpc) is 2.13. The van der Waals surface area contributed by atoms with Crippen LogP contribution >= 0.6 is 11.8 Å². The molecular formula is C12H22N2OS. The Morgan fingerprint density at radius 2 is 2.25 bits per heavy atom. The number of nitriles is 1. The maximum atomic E-state index is 9.16. The van der Waals surface area contributed by atoms with Crippen LogP contribution in [0.1, 0.15) is 33.6 Å². The fourth-order valence-electron chi connectivity index (χ4n) is 1.78. The minimum Gasteiger partial charge on any atom is -0.379 e. The summed E-state index contributed by atoms with van der Waals surface area (Å²) < 4.78 is 5.12. The minimum atomic E-state index is -0.370. The molecule has 0 bridgehead atoms. The van der Waals surface area contributed by atoms with E-state index in [1.54, 1.807) is 0 Å². The van der Waals surface area contributed by atoms with E-state index in [-0.39, 0.29) is 5.54 Å². The lowest BCUT2D eigenvalue weighted by Gasteiger charge is -2.27. The van der Waals surface area contributed by atoms with Crippen LogP contribution < -0.4 is 5.32 Å². The Bertz CT molecular complexity index is 248. The molecule has 0 saturated carbocycles. The van der Waals surface area contributed by atoms with E-state index in [9.17, 15) is 0 Å². The molecule has 1 saturated heterocycles. The molecule has 0 spiro atoms. The molecule has 0 radical (unpaired) electrons. The molecule has 1 rings (SSSR count). The molecule has 0 aromatic carbocycles. The lowest BCUT2D eigenvalue weighted by atomic mass is 9.97. The Morgan fingerprint density at radius 1 is 1.56 bits per heavy atom. The zero-order chi connectivity index (χ0) is 12.0. The van der Waals surface area contributed by atoms with Gasteiger partial charge in [-0.25, -0.2) is 0 Å². The number of hydrogen-bond acceptors (Lipinski definition) is 4. The summed E-state index contributed by atoms with van der Waals surface area (Å²) in [5, 5.41) is 13.2. The van der Waals surface area contributed by atoms with Gasteiger partial charge in [-0.1, -0.05) is 0 Å². The molecule has 16 heavy (non-hydrogen) atoms. The van der Waals surface area contributed by atoms with Crippen LogP contribution in [-0.2, 0) is 4.74 Å². The molecule has 92 valence electrons. The van der Waals surface area contributed by atoms with Gasteiger partial charge in [-0.05, 0) is 39.4 Å². The predicted molar refractivity (Wildman–Crippen MR) is 68.6 cm³/mol. The zero-order valence-corrected chi connectivity index (χ0v) is 11.3. The highest BCUT2D eigenvalue weighted by atomic mass is 32.2. The van der Waals surface area contributed by atoms with Crippen molar-refractivity contribution in [3.63, 3.8) is 0 Å². The second-order valence-corrected chi connectivity index (χ2v) is 6.29. The van der Waals surface area contributed by atoms with Crippen LogP contribution in [0, 0.1) is 11.3 Å². The van der Waals surface area contributed by atoms with Crippen LogP contribution in [0.3, 0.4) is 0 Å². The minimum absolute atomic E-state index is 0.359. The molecule has 0 amide bonds. The molecule has 0 aliphatic carbocycles. The SMILES string of the molecule is CC(C)NC(C)(C#N)CCCSC1COC1. The monoisotopic (exact) mass is 242 g/mol. The second-order valence-electron chi connectivity index (χ2n) is 4.88. The zero-order valence-electron chi connectivity index (χ0n) is 10.5. The quantitative estimate of drug-likeness (QED) is 0.695. The van der Waals surface area contributed by atoms with Gasteiger partial charge in [0.1, 0.15) is 5.54 Å². The first-order valence-electron chi connectivity index (χ1n) is 5.94. The number of ether oxygens (including phenoxy) is 1. The Balaban J connectivity index is 2.14. The van der Waals surface area contributed by atoms with Gasteiger partial charge in [0.2, 0.25) is 0 Å². The summed E-state index contributed by atoms with van der Waals surface area (Å²) in [6.07, 6.45) is 2.01. The third-order valence-electron chi connectivity index (χ3n) is 2.64. The van der Waals surface area contributed by atoms with Gasteiger partial charge in [0.05, 0.1) is 24.5 Å². The van der Waals surface area contributed by atoms with Crippen LogP contribution in [0.25, 0.3) is 0 Å². The second kappa shape index (κ2) is 6.48. The van der Waals surface area contributed by atoms with Gasteiger partial charge < -0.3 is 4.74 Å². The van der Waals surface area contributed by atoms with Crippen molar-refractivity contribution in [3.05, 3.63) is 0 Å². The third-order valence-corrected chi connectivity index (χ3v) is 3.90. The maximum Gasteiger partial charge on any atom is 0.104 e. The summed E-state index contributed by atoms with van der Waals surface area (Å²) in [5.41, 5.74) is -0.370. The largest absolute Gasteiger partial charge is 0.379 e. The van der Waals surface area contributed by atoms with Crippen molar-refractivity contribution in [3.8, 4) is 6.07 Å². The van der Waals surface area contributed by atoms with Gasteiger partial charge in [0.15, 0.2) is 0 Å². The van der Waals surface area contributed by atoms with Gasteiger partial charge in [-0.3, -0.25) is 5.32 Å². The normalized spacial score (nSPS) is 20.2. The summed E-state index contributed by atoms with van der Waals surface area (Å²) in [5.74, 6) is 1.13. The van der Waals surface area contributed by atoms with Gasteiger partial charge >= 0.3 is 0 Å². The first-order chi connectivity index (χ1) is 7.56. The van der Waals surface area contributed by atoms with Gasteiger partial charge in [-0.15, -0.1) is 0 Å². The van der Waals surface area contributed by atoms with Gasteiger partial charge in [0.25, 0.3) is 0 Å². The molecule has 0 aromatic heterocycles. The molecule has 3 nitrogen and oxygen atoms in total. The first kappa shape index (κ1) is 13.8. The van der Waals surface area contributed by atoms with Crippen LogP contribution in [0.15, 0.2) is 0 Å². The van der Waals surface area contributed by atoms with Crippen molar-refractivity contribution in [1.29, 1.82) is 5.26 Å². The van der Waals surface area contributed by atoms with Crippen LogP contribution in [-0.4, -0.2) is 35.8 Å². The number of nitrogens with one attached hydrogen (secondary N) is 1. The topological polar surface area (TPSA) is 45.0 Å². The maximum absolute atomic E-state index is 9.16. The molecule has 1 fully saturated rings. The van der Waals surface area contributed by atoms with Crippen LogP contribution in [0.4, 0.5) is 0 Å². The van der Waals surface area contributed by atoms with Crippen molar-refractivity contribution in [2.24, 2.45) is 0 Å². The van der Waals surface area contributed by atoms with Crippen molar-refractivity contribution in [1.82, 2.24) is 5.32 Å². The Kier molecular flexibility index (Phi) is 5.60. The van der Waals surface area contributed by atoms with Crippen LogP contribution in [0.2, 0.25) is 0 Å². The van der Waals surface area contributed by atoms with E-state index < -0.39 is 0 Å². The number of thioether (sulfide) groups is 1. The first-order valence-corrected chi connectivity index (χ1v) is 6.99. The molecule has 1 N–H and O–H groups in total. The Hall–Kier alpha value is -0.240. The van der Waals surface area contributed by atoms with E-state index >= 15 is 0 Å². The summed E-state index contributed by atoms with van der Waals surface area (Å²) in [6.45, 7) is 7.96. The Morgan fingerprint density at radius 3 is 2.69 bits per heavy atom. The summed E-state index contributed by atoms with van der Waals surface area (Å²) in [6, 6.07) is 2.74. The fraction of sp³-hybridized carbons (Fsp3) is 0.917. The molecular weight excluding hydrogens is 220 g/mol. The van der Waals surface area contributed by atoms with E-state index in [0.717, 1.165) is 31.8 Å². The Labute approximate surface area is 103 Å². The molecule has 0 aromatic rings. The van der Waals surface area contributed by atoms with E-state index in [1.165, 1.54) is 0 Å². The predicted octanol–water partition coefficient (Wildman–Crippen LogP) is 2.18. The number of nitrogens with zero attached hydrogens (tertiary/aromatic N) is 1. The van der Waals surface area contributed by atoms with Crippen LogP contribution in [0.5, 0.6) is 0 Å². The smallest absolute Gasteiger partial charge is 0.104 e. The summed E-state index contributed by atoms with van der Waals surface area (Å²) >= 11 is 1.97. The van der Waals surface area contributed by atoms with Crippen molar-refractivity contribution < 1.29 is 4.74 Å². The van der Waals surface area contributed by atoms with Gasteiger partial charge in [0, 0.05) is 6.04 Å². The molecule has 1 aliphatic rings. The number of rotatable bonds is 7. The molecule has 1 aliphatic heterocycles. The highest BCUT2D eigenvalue weighted by Gasteiger charge is 2.24. The van der Waals surface area contributed by atoms with Crippen molar-refractivity contribution in [2.45, 2.75) is 50.4 Å². The van der Waals surface area contributed by atoms with E-state index in [0.29, 0.717) is 11.3 Å². The molecule has 4 heteroatoms. The third kappa shape index (κ3) is 4.73. The van der Waals surface area contributed by atoms with E-state index in [2.05, 4.69) is 25.2 Å². The average molecular weight is 242 g/mol. The van der Waals surface area contributed by atoms with E-state index in [4.69, 9.17) is 10.00 Å². The van der Waals surface area contributed by atoms with Crippen molar-refractivity contribution in [2.75, 3.05) is 19.0 Å². The highest BCUT2D eigenvalue weighted by Crippen LogP contribution is 2.22. The molecule has 1 atom stereocenters.